The molecule has 1 heteroatoms. The highest BCUT2D eigenvalue weighted by Gasteiger charge is 2.09. The first kappa shape index (κ1) is 8.66. The Balaban J connectivity index is 2.77. The summed E-state index contributed by atoms with van der Waals surface area (Å²) in [5.41, 5.74) is 1.34. The summed E-state index contributed by atoms with van der Waals surface area (Å²) in [4.78, 5) is 0. The van der Waals surface area contributed by atoms with E-state index in [4.69, 9.17) is 12.6 Å². The molecule has 0 amide bonds. The van der Waals surface area contributed by atoms with Crippen LogP contribution in [0.5, 0.6) is 0 Å². The maximum atomic E-state index is 5.18. The Labute approximate surface area is 74.0 Å². The summed E-state index contributed by atoms with van der Waals surface area (Å²) in [6, 6.07) is 10.4. The molecule has 0 spiro atoms. The van der Waals surface area contributed by atoms with E-state index in [-0.39, 0.29) is 0 Å². The fourth-order valence-corrected chi connectivity index (χ4v) is 1.18. The average molecular weight is 165 g/mol. The fourth-order valence-electron chi connectivity index (χ4n) is 1.03. The van der Waals surface area contributed by atoms with Crippen LogP contribution in [0.4, 0.5) is 0 Å². The lowest BCUT2D eigenvalue weighted by atomic mass is 9.99. The highest BCUT2D eigenvalue weighted by molar-refractivity contribution is 7.81. The van der Waals surface area contributed by atoms with E-state index in [1.54, 1.807) is 0 Å². The lowest BCUT2D eigenvalue weighted by Gasteiger charge is -2.13. The third-order valence-electron chi connectivity index (χ3n) is 2.03. The quantitative estimate of drug-likeness (QED) is 0.630. The largest absolute Gasteiger partial charge is 0.0901 e. The molecule has 59 valence electrons. The minimum atomic E-state index is 0.317. The molecule has 1 rings (SSSR count). The molecule has 0 N–H and O–H groups in total. The minimum Gasteiger partial charge on any atom is -0.0901 e. The first-order valence-electron chi connectivity index (χ1n) is 3.92. The second-order valence-electron chi connectivity index (χ2n) is 2.90. The van der Waals surface area contributed by atoms with Crippen LogP contribution < -0.4 is 0 Å². The van der Waals surface area contributed by atoms with Crippen molar-refractivity contribution in [2.45, 2.75) is 25.0 Å². The Morgan fingerprint density at radius 2 is 1.64 bits per heavy atom. The SMILES string of the molecule is CC([S])C(C)c1ccccc1. The molecule has 1 aromatic rings. The van der Waals surface area contributed by atoms with Crippen molar-refractivity contribution in [3.8, 4) is 0 Å². The van der Waals surface area contributed by atoms with Gasteiger partial charge in [0.25, 0.3) is 0 Å². The summed E-state index contributed by atoms with van der Waals surface area (Å²) in [6.45, 7) is 4.25. The van der Waals surface area contributed by atoms with Crippen molar-refractivity contribution >= 4 is 12.6 Å². The molecule has 0 aliphatic rings. The van der Waals surface area contributed by atoms with E-state index in [1.807, 2.05) is 6.07 Å². The van der Waals surface area contributed by atoms with Gasteiger partial charge in [-0.15, -0.1) is 0 Å². The van der Waals surface area contributed by atoms with E-state index in [2.05, 4.69) is 38.1 Å². The number of hydrogen-bond acceptors (Lipinski definition) is 0. The second kappa shape index (κ2) is 3.82. The summed E-state index contributed by atoms with van der Waals surface area (Å²) in [6.07, 6.45) is 0. The summed E-state index contributed by atoms with van der Waals surface area (Å²) < 4.78 is 0. The lowest BCUT2D eigenvalue weighted by Crippen LogP contribution is -2.04. The molecule has 0 saturated carbocycles. The Hall–Kier alpha value is -0.430. The van der Waals surface area contributed by atoms with Gasteiger partial charge in [0.15, 0.2) is 0 Å². The zero-order chi connectivity index (χ0) is 8.27. The lowest BCUT2D eigenvalue weighted by molar-refractivity contribution is 0.755. The predicted molar refractivity (Wildman–Crippen MR) is 51.9 cm³/mol. The normalized spacial score (nSPS) is 15.9. The van der Waals surface area contributed by atoms with E-state index in [0.717, 1.165) is 0 Å². The molecular formula is C10H13S. The van der Waals surface area contributed by atoms with E-state index < -0.39 is 0 Å². The van der Waals surface area contributed by atoms with Crippen molar-refractivity contribution in [1.82, 2.24) is 0 Å². The van der Waals surface area contributed by atoms with Crippen molar-refractivity contribution < 1.29 is 0 Å². The summed E-state index contributed by atoms with van der Waals surface area (Å²) in [5, 5.41) is 0.317. The van der Waals surface area contributed by atoms with E-state index in [0.29, 0.717) is 11.2 Å². The Morgan fingerprint density at radius 1 is 1.09 bits per heavy atom. The molecule has 2 atom stereocenters. The third kappa shape index (κ3) is 2.26. The third-order valence-corrected chi connectivity index (χ3v) is 2.44. The molecule has 1 aromatic carbocycles. The van der Waals surface area contributed by atoms with Crippen molar-refractivity contribution in [3.05, 3.63) is 35.9 Å². The van der Waals surface area contributed by atoms with E-state index in [1.165, 1.54) is 5.56 Å². The summed E-state index contributed by atoms with van der Waals surface area (Å²) in [5.74, 6) is 0.492. The van der Waals surface area contributed by atoms with Crippen LogP contribution in [-0.4, -0.2) is 5.25 Å². The van der Waals surface area contributed by atoms with Gasteiger partial charge < -0.3 is 0 Å². The van der Waals surface area contributed by atoms with Crippen LogP contribution in [0.3, 0.4) is 0 Å². The van der Waals surface area contributed by atoms with Crippen molar-refractivity contribution in [2.24, 2.45) is 0 Å². The summed E-state index contributed by atoms with van der Waals surface area (Å²) >= 11 is 5.18. The van der Waals surface area contributed by atoms with Gasteiger partial charge >= 0.3 is 0 Å². The highest BCUT2D eigenvalue weighted by atomic mass is 32.1. The molecular weight excluding hydrogens is 152 g/mol. The molecule has 0 nitrogen and oxygen atoms in total. The highest BCUT2D eigenvalue weighted by Crippen LogP contribution is 2.21. The Morgan fingerprint density at radius 3 is 2.09 bits per heavy atom. The number of benzene rings is 1. The van der Waals surface area contributed by atoms with Crippen LogP contribution in [0.2, 0.25) is 0 Å². The zero-order valence-electron chi connectivity index (χ0n) is 6.95. The standard InChI is InChI=1S/C10H13S/c1-8(9(2)11)10-6-4-3-5-7-10/h3-9H,1-2H3. The predicted octanol–water partition coefficient (Wildman–Crippen LogP) is 3.38. The summed E-state index contributed by atoms with van der Waals surface area (Å²) in [7, 11) is 0. The van der Waals surface area contributed by atoms with Gasteiger partial charge in [-0.3, -0.25) is 0 Å². The fraction of sp³-hybridized carbons (Fsp3) is 0.400. The molecule has 0 aliphatic heterocycles. The molecule has 2 unspecified atom stereocenters. The number of hydrogen-bond donors (Lipinski definition) is 0. The van der Waals surface area contributed by atoms with Crippen molar-refractivity contribution in [1.29, 1.82) is 0 Å². The van der Waals surface area contributed by atoms with Gasteiger partial charge in [-0.25, -0.2) is 0 Å². The zero-order valence-corrected chi connectivity index (χ0v) is 7.77. The molecule has 0 bridgehead atoms. The molecule has 0 aliphatic carbocycles. The second-order valence-corrected chi connectivity index (χ2v) is 3.65. The molecule has 0 saturated heterocycles. The molecule has 0 fully saturated rings. The van der Waals surface area contributed by atoms with Crippen molar-refractivity contribution in [3.63, 3.8) is 0 Å². The van der Waals surface area contributed by atoms with E-state index in [9.17, 15) is 0 Å². The van der Waals surface area contributed by atoms with Crippen molar-refractivity contribution in [2.75, 3.05) is 0 Å². The van der Waals surface area contributed by atoms with Crippen LogP contribution in [0, 0.1) is 0 Å². The average Bonchev–Trinajstić information content (AvgIpc) is 2.05. The Kier molecular flexibility index (Phi) is 3.01. The molecule has 11 heavy (non-hydrogen) atoms. The molecule has 0 heterocycles. The smallest absolute Gasteiger partial charge is 0.0189 e. The van der Waals surface area contributed by atoms with Gasteiger partial charge in [-0.1, -0.05) is 56.8 Å². The van der Waals surface area contributed by atoms with Crippen LogP contribution in [-0.2, 0) is 0 Å². The maximum Gasteiger partial charge on any atom is 0.0189 e. The van der Waals surface area contributed by atoms with Gasteiger partial charge in [0.05, 0.1) is 0 Å². The number of rotatable bonds is 2. The van der Waals surface area contributed by atoms with Gasteiger partial charge in [-0.05, 0) is 11.5 Å². The minimum absolute atomic E-state index is 0.317. The maximum absolute atomic E-state index is 5.18. The van der Waals surface area contributed by atoms with Gasteiger partial charge in [0.2, 0.25) is 0 Å². The monoisotopic (exact) mass is 165 g/mol. The van der Waals surface area contributed by atoms with Crippen LogP contribution >= 0.6 is 12.6 Å². The topological polar surface area (TPSA) is 0 Å². The van der Waals surface area contributed by atoms with Gasteiger partial charge in [-0.2, -0.15) is 0 Å². The first-order valence-corrected chi connectivity index (χ1v) is 4.39. The Bertz CT molecular complexity index is 203. The van der Waals surface area contributed by atoms with E-state index >= 15 is 0 Å². The van der Waals surface area contributed by atoms with Crippen LogP contribution in [0.15, 0.2) is 30.3 Å². The van der Waals surface area contributed by atoms with Gasteiger partial charge in [0, 0.05) is 5.25 Å². The molecule has 1 radical (unpaired) electrons. The van der Waals surface area contributed by atoms with Crippen LogP contribution in [0.25, 0.3) is 0 Å². The first-order chi connectivity index (χ1) is 5.22. The van der Waals surface area contributed by atoms with Crippen LogP contribution in [0.1, 0.15) is 25.3 Å². The van der Waals surface area contributed by atoms with Gasteiger partial charge in [0.1, 0.15) is 0 Å². The molecule has 0 aromatic heterocycles.